The van der Waals surface area contributed by atoms with Gasteiger partial charge in [-0.05, 0) is 44.0 Å². The molecule has 2 aromatic rings. The van der Waals surface area contributed by atoms with Gasteiger partial charge in [0.25, 0.3) is 5.91 Å². The average Bonchev–Trinajstić information content (AvgIpc) is 2.73. The molecule has 1 aliphatic rings. The maximum atomic E-state index is 13.4. The van der Waals surface area contributed by atoms with Crippen LogP contribution < -0.4 is 15.0 Å². The number of hydrogen-bond donors (Lipinski definition) is 2. The van der Waals surface area contributed by atoms with E-state index in [-0.39, 0.29) is 11.6 Å². The molecular formula is C22H23F3N2O4. The number of aliphatic hydroxyl groups is 1. The fourth-order valence-electron chi connectivity index (χ4n) is 3.57. The van der Waals surface area contributed by atoms with Crippen LogP contribution in [-0.2, 0) is 21.4 Å². The first-order valence-corrected chi connectivity index (χ1v) is 9.74. The van der Waals surface area contributed by atoms with E-state index in [1.807, 2.05) is 0 Å². The van der Waals surface area contributed by atoms with Gasteiger partial charge in [0.1, 0.15) is 5.75 Å². The van der Waals surface area contributed by atoms with E-state index in [0.717, 1.165) is 31.9 Å². The number of amides is 2. The average molecular weight is 436 g/mol. The first kappa shape index (κ1) is 22.6. The van der Waals surface area contributed by atoms with Crippen molar-refractivity contribution in [1.29, 1.82) is 0 Å². The minimum absolute atomic E-state index is 0.0841. The number of alkyl halides is 3. The number of nitrogens with zero attached hydrogens (tertiary/aromatic N) is 1. The van der Waals surface area contributed by atoms with E-state index in [4.69, 9.17) is 4.74 Å². The molecule has 3 rings (SSSR count). The lowest BCUT2D eigenvalue weighted by Gasteiger charge is -2.29. The Morgan fingerprint density at radius 1 is 1.13 bits per heavy atom. The van der Waals surface area contributed by atoms with Crippen molar-refractivity contribution < 1.29 is 32.6 Å². The van der Waals surface area contributed by atoms with E-state index in [1.165, 1.54) is 31.4 Å². The molecule has 6 nitrogen and oxygen atoms in total. The molecule has 1 saturated heterocycles. The summed E-state index contributed by atoms with van der Waals surface area (Å²) in [7, 11) is 1.45. The molecule has 0 saturated carbocycles. The first-order valence-electron chi connectivity index (χ1n) is 9.74. The van der Waals surface area contributed by atoms with Gasteiger partial charge in [-0.1, -0.05) is 18.2 Å². The summed E-state index contributed by atoms with van der Waals surface area (Å²) in [4.78, 5) is 26.6. The highest BCUT2D eigenvalue weighted by Gasteiger charge is 2.42. The first-order chi connectivity index (χ1) is 14.6. The number of carbonyl (C=O) groups excluding carboxylic acids is 2. The zero-order valence-corrected chi connectivity index (χ0v) is 17.1. The summed E-state index contributed by atoms with van der Waals surface area (Å²) in [6, 6.07) is 8.92. The SMILES string of the molecule is COc1ccc(NC(=O)C(C)(O)c2ccccc2C(F)(F)F)cc1N1CCCCC1=O. The maximum Gasteiger partial charge on any atom is 0.416 e. The van der Waals surface area contributed by atoms with E-state index in [9.17, 15) is 27.9 Å². The molecule has 2 N–H and O–H groups in total. The Labute approximate surface area is 177 Å². The largest absolute Gasteiger partial charge is 0.495 e. The van der Waals surface area contributed by atoms with Crippen LogP contribution in [0.15, 0.2) is 42.5 Å². The summed E-state index contributed by atoms with van der Waals surface area (Å²) in [5.74, 6) is -0.702. The summed E-state index contributed by atoms with van der Waals surface area (Å²) in [5.41, 5.74) is -3.44. The number of piperidine rings is 1. The molecule has 9 heteroatoms. The molecule has 0 aliphatic carbocycles. The fraction of sp³-hybridized carbons (Fsp3) is 0.364. The molecule has 1 unspecified atom stereocenters. The monoisotopic (exact) mass is 436 g/mol. The predicted molar refractivity (Wildman–Crippen MR) is 109 cm³/mol. The highest BCUT2D eigenvalue weighted by molar-refractivity contribution is 6.00. The number of ether oxygens (including phenoxy) is 1. The molecule has 1 aliphatic heterocycles. The van der Waals surface area contributed by atoms with Gasteiger partial charge >= 0.3 is 6.18 Å². The quantitative estimate of drug-likeness (QED) is 0.741. The van der Waals surface area contributed by atoms with Crippen LogP contribution in [0.1, 0.15) is 37.3 Å². The van der Waals surface area contributed by atoms with Crippen LogP contribution in [-0.4, -0.2) is 30.6 Å². The Hall–Kier alpha value is -3.07. The normalized spacial score (nSPS) is 16.6. The number of hydrogen-bond acceptors (Lipinski definition) is 4. The van der Waals surface area contributed by atoms with Crippen molar-refractivity contribution in [3.63, 3.8) is 0 Å². The lowest BCUT2D eigenvalue weighted by molar-refractivity contribution is -0.143. The zero-order valence-electron chi connectivity index (χ0n) is 17.1. The number of carbonyl (C=O) groups is 2. The van der Waals surface area contributed by atoms with Crippen LogP contribution in [0.3, 0.4) is 0 Å². The van der Waals surface area contributed by atoms with E-state index in [0.29, 0.717) is 24.4 Å². The van der Waals surface area contributed by atoms with Crippen LogP contribution in [0.25, 0.3) is 0 Å². The Morgan fingerprint density at radius 2 is 1.81 bits per heavy atom. The third kappa shape index (κ3) is 4.66. The summed E-state index contributed by atoms with van der Waals surface area (Å²) < 4.78 is 45.4. The molecule has 1 heterocycles. The third-order valence-electron chi connectivity index (χ3n) is 5.25. The number of methoxy groups -OCH3 is 1. The van der Waals surface area contributed by atoms with Gasteiger partial charge in [-0.25, -0.2) is 0 Å². The molecule has 0 bridgehead atoms. The Bertz CT molecular complexity index is 989. The molecule has 1 atom stereocenters. The highest BCUT2D eigenvalue weighted by Crippen LogP contribution is 2.38. The number of anilines is 2. The second kappa shape index (κ2) is 8.58. The van der Waals surface area contributed by atoms with E-state index in [2.05, 4.69) is 5.32 Å². The van der Waals surface area contributed by atoms with E-state index < -0.39 is 28.8 Å². The van der Waals surface area contributed by atoms with Crippen molar-refractivity contribution in [1.82, 2.24) is 0 Å². The second-order valence-electron chi connectivity index (χ2n) is 7.46. The summed E-state index contributed by atoms with van der Waals surface area (Å²) >= 11 is 0. The molecular weight excluding hydrogens is 413 g/mol. The van der Waals surface area contributed by atoms with Crippen molar-refractivity contribution in [2.24, 2.45) is 0 Å². The predicted octanol–water partition coefficient (Wildman–Crippen LogP) is 4.08. The van der Waals surface area contributed by atoms with Crippen LogP contribution in [0.5, 0.6) is 5.75 Å². The van der Waals surface area contributed by atoms with Gasteiger partial charge in [0.15, 0.2) is 5.60 Å². The van der Waals surface area contributed by atoms with E-state index in [1.54, 1.807) is 11.0 Å². The van der Waals surface area contributed by atoms with Gasteiger partial charge in [-0.2, -0.15) is 13.2 Å². The molecule has 0 spiro atoms. The topological polar surface area (TPSA) is 78.9 Å². The van der Waals surface area contributed by atoms with Crippen molar-refractivity contribution >= 4 is 23.2 Å². The molecule has 31 heavy (non-hydrogen) atoms. The molecule has 166 valence electrons. The van der Waals surface area contributed by atoms with Crippen molar-refractivity contribution in [2.45, 2.75) is 38.0 Å². The van der Waals surface area contributed by atoms with Gasteiger partial charge in [0.05, 0.1) is 18.4 Å². The molecule has 2 amide bonds. The maximum absolute atomic E-state index is 13.4. The molecule has 2 aromatic carbocycles. The molecule has 0 aromatic heterocycles. The number of benzene rings is 2. The van der Waals surface area contributed by atoms with Crippen LogP contribution in [0.4, 0.5) is 24.5 Å². The van der Waals surface area contributed by atoms with Crippen molar-refractivity contribution in [3.8, 4) is 5.75 Å². The second-order valence-corrected chi connectivity index (χ2v) is 7.46. The molecule has 0 radical (unpaired) electrons. The highest BCUT2D eigenvalue weighted by atomic mass is 19.4. The lowest BCUT2D eigenvalue weighted by atomic mass is 9.90. The van der Waals surface area contributed by atoms with Gasteiger partial charge in [-0.15, -0.1) is 0 Å². The van der Waals surface area contributed by atoms with Gasteiger partial charge in [0, 0.05) is 24.2 Å². The van der Waals surface area contributed by atoms with Gasteiger partial charge in [-0.3, -0.25) is 9.59 Å². The van der Waals surface area contributed by atoms with Gasteiger partial charge in [0.2, 0.25) is 5.91 Å². The van der Waals surface area contributed by atoms with Crippen LogP contribution >= 0.6 is 0 Å². The van der Waals surface area contributed by atoms with Crippen molar-refractivity contribution in [3.05, 3.63) is 53.6 Å². The Kier molecular flexibility index (Phi) is 6.26. The van der Waals surface area contributed by atoms with Crippen molar-refractivity contribution in [2.75, 3.05) is 23.9 Å². The summed E-state index contributed by atoms with van der Waals surface area (Å²) in [6.07, 6.45) is -2.74. The minimum Gasteiger partial charge on any atom is -0.495 e. The van der Waals surface area contributed by atoms with Gasteiger partial charge < -0.3 is 20.1 Å². The summed E-state index contributed by atoms with van der Waals surface area (Å²) in [5, 5.41) is 13.2. The number of halogens is 3. The lowest BCUT2D eigenvalue weighted by Crippen LogP contribution is -2.39. The molecule has 1 fully saturated rings. The zero-order chi connectivity index (χ0) is 22.8. The smallest absolute Gasteiger partial charge is 0.416 e. The van der Waals surface area contributed by atoms with E-state index >= 15 is 0 Å². The standard InChI is InChI=1S/C22H23F3N2O4/c1-21(30,15-7-3-4-8-16(15)22(23,24)25)20(29)26-14-10-11-18(31-2)17(13-14)27-12-6-5-9-19(27)28/h3-4,7-8,10-11,13,30H,5-6,9,12H2,1-2H3,(H,26,29). The Balaban J connectivity index is 1.91. The minimum atomic E-state index is -4.73. The fourth-order valence-corrected chi connectivity index (χ4v) is 3.57. The summed E-state index contributed by atoms with van der Waals surface area (Å²) in [6.45, 7) is 1.49. The van der Waals surface area contributed by atoms with Crippen LogP contribution in [0, 0.1) is 0 Å². The third-order valence-corrected chi connectivity index (χ3v) is 5.25. The van der Waals surface area contributed by atoms with Crippen LogP contribution in [0.2, 0.25) is 0 Å². The number of nitrogens with one attached hydrogen (secondary N) is 1. The number of rotatable bonds is 5. The Morgan fingerprint density at radius 3 is 2.42 bits per heavy atom.